The zero-order valence-electron chi connectivity index (χ0n) is 10.7. The number of aliphatic hydroxyl groups is 1. The molecule has 104 valence electrons. The van der Waals surface area contributed by atoms with Crippen LogP contribution in [-0.2, 0) is 11.3 Å². The van der Waals surface area contributed by atoms with E-state index in [0.29, 0.717) is 13.1 Å². The number of carboxylic acids is 1. The quantitative estimate of drug-likeness (QED) is 0.705. The molecule has 0 aliphatic rings. The molecule has 1 rings (SSSR count). The lowest BCUT2D eigenvalue weighted by Crippen LogP contribution is -2.44. The van der Waals surface area contributed by atoms with Crippen LogP contribution >= 0.6 is 0 Å². The summed E-state index contributed by atoms with van der Waals surface area (Å²) < 4.78 is 0. The van der Waals surface area contributed by atoms with Crippen LogP contribution in [0.25, 0.3) is 0 Å². The normalized spacial score (nSPS) is 11.7. The van der Waals surface area contributed by atoms with Gasteiger partial charge in [0.05, 0.1) is 6.54 Å². The first-order valence-corrected chi connectivity index (χ1v) is 6.02. The van der Waals surface area contributed by atoms with Gasteiger partial charge in [-0.2, -0.15) is 0 Å². The molecule has 6 heteroatoms. The van der Waals surface area contributed by atoms with Gasteiger partial charge in [-0.25, -0.2) is 9.59 Å². The summed E-state index contributed by atoms with van der Waals surface area (Å²) in [5, 5.41) is 20.0. The van der Waals surface area contributed by atoms with Crippen molar-refractivity contribution < 1.29 is 19.8 Å². The summed E-state index contributed by atoms with van der Waals surface area (Å²) in [7, 11) is 0. The van der Waals surface area contributed by atoms with Crippen LogP contribution < -0.4 is 5.32 Å². The van der Waals surface area contributed by atoms with Gasteiger partial charge in [0.25, 0.3) is 0 Å². The Kier molecular flexibility index (Phi) is 5.81. The number of carboxylic acid groups (broad SMARTS) is 1. The van der Waals surface area contributed by atoms with Gasteiger partial charge in [-0.05, 0) is 12.5 Å². The third-order valence-corrected chi connectivity index (χ3v) is 2.62. The zero-order valence-corrected chi connectivity index (χ0v) is 10.7. The van der Waals surface area contributed by atoms with Gasteiger partial charge in [-0.15, -0.1) is 0 Å². The van der Waals surface area contributed by atoms with Gasteiger partial charge >= 0.3 is 12.0 Å². The Morgan fingerprint density at radius 3 is 2.47 bits per heavy atom. The van der Waals surface area contributed by atoms with E-state index in [4.69, 9.17) is 10.2 Å². The van der Waals surface area contributed by atoms with E-state index < -0.39 is 18.1 Å². The average Bonchev–Trinajstić information content (AvgIpc) is 2.42. The van der Waals surface area contributed by atoms with Crippen molar-refractivity contribution in [2.45, 2.75) is 19.6 Å². The Hall–Kier alpha value is -2.08. The van der Waals surface area contributed by atoms with Crippen molar-refractivity contribution in [2.24, 2.45) is 0 Å². The fourth-order valence-corrected chi connectivity index (χ4v) is 1.51. The van der Waals surface area contributed by atoms with Crippen molar-refractivity contribution in [3.8, 4) is 0 Å². The van der Waals surface area contributed by atoms with Crippen molar-refractivity contribution in [1.82, 2.24) is 10.2 Å². The lowest BCUT2D eigenvalue weighted by atomic mass is 10.2. The molecule has 1 aromatic carbocycles. The average molecular weight is 266 g/mol. The summed E-state index contributed by atoms with van der Waals surface area (Å²) in [4.78, 5) is 23.8. The minimum atomic E-state index is -1.58. The van der Waals surface area contributed by atoms with Gasteiger partial charge in [-0.1, -0.05) is 30.3 Å². The fraction of sp³-hybridized carbons (Fsp3) is 0.385. The molecule has 0 spiro atoms. The molecule has 0 fully saturated rings. The van der Waals surface area contributed by atoms with E-state index in [1.54, 1.807) is 0 Å². The molecule has 0 radical (unpaired) electrons. The van der Waals surface area contributed by atoms with Crippen LogP contribution in [0.1, 0.15) is 12.5 Å². The smallest absolute Gasteiger partial charge is 0.334 e. The van der Waals surface area contributed by atoms with Crippen LogP contribution in [0.5, 0.6) is 0 Å². The summed E-state index contributed by atoms with van der Waals surface area (Å²) in [6.45, 7) is 2.45. The molecule has 1 unspecified atom stereocenters. The van der Waals surface area contributed by atoms with Gasteiger partial charge in [0.15, 0.2) is 6.10 Å². The predicted octanol–water partition coefficient (Wildman–Crippen LogP) is 0.664. The Balaban J connectivity index is 2.50. The van der Waals surface area contributed by atoms with E-state index in [9.17, 15) is 9.59 Å². The summed E-state index contributed by atoms with van der Waals surface area (Å²) in [5.41, 5.74) is 0.985. The minimum Gasteiger partial charge on any atom is -0.479 e. The number of aliphatic carboxylic acids is 1. The molecule has 2 amide bonds. The minimum absolute atomic E-state index is 0.306. The first-order valence-electron chi connectivity index (χ1n) is 6.02. The molecule has 19 heavy (non-hydrogen) atoms. The van der Waals surface area contributed by atoms with Gasteiger partial charge in [-0.3, -0.25) is 0 Å². The van der Waals surface area contributed by atoms with Crippen LogP contribution in [0.15, 0.2) is 30.3 Å². The highest BCUT2D eigenvalue weighted by Crippen LogP contribution is 2.04. The van der Waals surface area contributed by atoms with Gasteiger partial charge in [0.1, 0.15) is 0 Å². The molecular weight excluding hydrogens is 248 g/mol. The Labute approximate surface area is 111 Å². The number of benzene rings is 1. The number of carbonyl (C=O) groups is 2. The molecule has 0 saturated heterocycles. The van der Waals surface area contributed by atoms with E-state index in [2.05, 4.69) is 5.32 Å². The van der Waals surface area contributed by atoms with Crippen molar-refractivity contribution in [2.75, 3.05) is 13.1 Å². The number of urea groups is 1. The lowest BCUT2D eigenvalue weighted by Gasteiger charge is -2.22. The van der Waals surface area contributed by atoms with Crippen LogP contribution in [0.2, 0.25) is 0 Å². The zero-order chi connectivity index (χ0) is 14.3. The summed E-state index contributed by atoms with van der Waals surface area (Å²) in [6.07, 6.45) is -1.58. The number of rotatable bonds is 6. The topological polar surface area (TPSA) is 89.9 Å². The number of hydrogen-bond donors (Lipinski definition) is 3. The molecule has 0 heterocycles. The highest BCUT2D eigenvalue weighted by molar-refractivity contribution is 5.76. The van der Waals surface area contributed by atoms with E-state index in [1.165, 1.54) is 4.90 Å². The van der Waals surface area contributed by atoms with Crippen LogP contribution in [0, 0.1) is 0 Å². The van der Waals surface area contributed by atoms with Gasteiger partial charge < -0.3 is 20.4 Å². The Morgan fingerprint density at radius 1 is 1.32 bits per heavy atom. The van der Waals surface area contributed by atoms with Crippen molar-refractivity contribution in [3.63, 3.8) is 0 Å². The Bertz CT molecular complexity index is 422. The van der Waals surface area contributed by atoms with Crippen LogP contribution in [0.4, 0.5) is 4.79 Å². The molecule has 3 N–H and O–H groups in total. The molecule has 0 aliphatic carbocycles. The highest BCUT2D eigenvalue weighted by Gasteiger charge is 2.17. The number of hydrogen-bond acceptors (Lipinski definition) is 3. The summed E-state index contributed by atoms with van der Waals surface area (Å²) in [6, 6.07) is 9.07. The molecule has 0 aliphatic heterocycles. The van der Waals surface area contributed by atoms with Gasteiger partial charge in [0.2, 0.25) is 0 Å². The number of nitrogens with one attached hydrogen (secondary N) is 1. The third-order valence-electron chi connectivity index (χ3n) is 2.62. The SMILES string of the molecule is CCN(Cc1ccccc1)C(=O)NCC(O)C(=O)O. The molecule has 1 aromatic rings. The second-order valence-electron chi connectivity index (χ2n) is 4.04. The molecule has 1 atom stereocenters. The van der Waals surface area contributed by atoms with E-state index in [1.807, 2.05) is 37.3 Å². The van der Waals surface area contributed by atoms with Crippen molar-refractivity contribution in [1.29, 1.82) is 0 Å². The summed E-state index contributed by atoms with van der Waals surface area (Å²) in [5.74, 6) is -1.36. The molecule has 0 saturated carbocycles. The van der Waals surface area contributed by atoms with E-state index in [0.717, 1.165) is 5.56 Å². The number of carbonyl (C=O) groups excluding carboxylic acids is 1. The van der Waals surface area contributed by atoms with Gasteiger partial charge in [0, 0.05) is 13.1 Å². The second-order valence-corrected chi connectivity index (χ2v) is 4.04. The first-order chi connectivity index (χ1) is 9.04. The molecular formula is C13H18N2O4. The standard InChI is InChI=1S/C13H18N2O4/c1-2-15(9-10-6-4-3-5-7-10)13(19)14-8-11(16)12(17)18/h3-7,11,16H,2,8-9H2,1H3,(H,14,19)(H,17,18). The Morgan fingerprint density at radius 2 is 1.95 bits per heavy atom. The van der Waals surface area contributed by atoms with Crippen molar-refractivity contribution in [3.05, 3.63) is 35.9 Å². The maximum Gasteiger partial charge on any atom is 0.334 e. The maximum absolute atomic E-state index is 11.8. The largest absolute Gasteiger partial charge is 0.479 e. The monoisotopic (exact) mass is 266 g/mol. The summed E-state index contributed by atoms with van der Waals surface area (Å²) >= 11 is 0. The van der Waals surface area contributed by atoms with Crippen LogP contribution in [-0.4, -0.2) is 46.3 Å². The van der Waals surface area contributed by atoms with E-state index in [-0.39, 0.29) is 6.54 Å². The number of amides is 2. The highest BCUT2D eigenvalue weighted by atomic mass is 16.4. The number of nitrogens with zero attached hydrogens (tertiary/aromatic N) is 1. The number of aliphatic hydroxyl groups excluding tert-OH is 1. The molecule has 0 aromatic heterocycles. The lowest BCUT2D eigenvalue weighted by molar-refractivity contribution is -0.146. The first kappa shape index (κ1) is 15.0. The van der Waals surface area contributed by atoms with E-state index >= 15 is 0 Å². The van der Waals surface area contributed by atoms with Crippen LogP contribution in [0.3, 0.4) is 0 Å². The van der Waals surface area contributed by atoms with Crippen molar-refractivity contribution >= 4 is 12.0 Å². The third kappa shape index (κ3) is 4.97. The predicted molar refractivity (Wildman–Crippen MR) is 69.6 cm³/mol. The maximum atomic E-state index is 11.8. The molecule has 6 nitrogen and oxygen atoms in total. The second kappa shape index (κ2) is 7.38. The molecule has 0 bridgehead atoms. The fourth-order valence-electron chi connectivity index (χ4n) is 1.51.